The van der Waals surface area contributed by atoms with Crippen LogP contribution in [-0.4, -0.2) is 22.4 Å². The van der Waals surface area contributed by atoms with Gasteiger partial charge in [-0.1, -0.05) is 26.7 Å². The summed E-state index contributed by atoms with van der Waals surface area (Å²) in [5.41, 5.74) is 0. The molecule has 0 saturated carbocycles. The van der Waals surface area contributed by atoms with E-state index in [1.165, 1.54) is 0 Å². The van der Waals surface area contributed by atoms with Crippen LogP contribution in [0.4, 0.5) is 0 Å². The predicted molar refractivity (Wildman–Crippen MR) is 41.5 cm³/mol. The van der Waals surface area contributed by atoms with Crippen LogP contribution in [0, 0.1) is 6.92 Å². The molecule has 0 rings (SSSR count). The smallest absolute Gasteiger partial charge is 0.0799 e. The molecule has 0 fully saturated rings. The first-order chi connectivity index (χ1) is 4.72. The molecule has 0 aliphatic rings. The van der Waals surface area contributed by atoms with Crippen LogP contribution >= 0.6 is 0 Å². The van der Waals surface area contributed by atoms with Gasteiger partial charge >= 0.3 is 0 Å². The highest BCUT2D eigenvalue weighted by atomic mass is 16.3. The molecule has 0 aromatic heterocycles. The molecule has 61 valence electrons. The second kappa shape index (κ2) is 5.69. The lowest BCUT2D eigenvalue weighted by molar-refractivity contribution is 0.0101. The van der Waals surface area contributed by atoms with E-state index in [1.54, 1.807) is 0 Å². The van der Waals surface area contributed by atoms with Crippen LogP contribution in [-0.2, 0) is 0 Å². The number of rotatable bonds is 5. The molecule has 1 radical (unpaired) electrons. The second-order valence-corrected chi connectivity index (χ2v) is 2.57. The van der Waals surface area contributed by atoms with Gasteiger partial charge in [0, 0.05) is 0 Å². The van der Waals surface area contributed by atoms with Crippen LogP contribution in [0.1, 0.15) is 32.6 Å². The van der Waals surface area contributed by atoms with Crippen molar-refractivity contribution in [3.63, 3.8) is 0 Å². The number of aliphatic hydroxyl groups excluding tert-OH is 2. The van der Waals surface area contributed by atoms with Gasteiger partial charge in [0.05, 0.1) is 12.2 Å². The lowest BCUT2D eigenvalue weighted by atomic mass is 10.1. The fourth-order valence-electron chi connectivity index (χ4n) is 0.890. The molecular weight excluding hydrogens is 128 g/mol. The van der Waals surface area contributed by atoms with Crippen molar-refractivity contribution < 1.29 is 10.2 Å². The van der Waals surface area contributed by atoms with Crippen molar-refractivity contribution in [3.05, 3.63) is 6.92 Å². The van der Waals surface area contributed by atoms with Gasteiger partial charge in [0.15, 0.2) is 0 Å². The minimum atomic E-state index is -0.572. The lowest BCUT2D eigenvalue weighted by Crippen LogP contribution is -2.25. The molecule has 0 amide bonds. The molecule has 2 unspecified atom stereocenters. The Hall–Kier alpha value is -0.0800. The first kappa shape index (κ1) is 9.92. The highest BCUT2D eigenvalue weighted by Gasteiger charge is 2.12. The maximum Gasteiger partial charge on any atom is 0.0799 e. The monoisotopic (exact) mass is 145 g/mol. The van der Waals surface area contributed by atoms with Crippen molar-refractivity contribution >= 4 is 0 Å². The van der Waals surface area contributed by atoms with E-state index in [-0.39, 0.29) is 0 Å². The number of hydrogen-bond acceptors (Lipinski definition) is 2. The van der Waals surface area contributed by atoms with E-state index in [4.69, 9.17) is 5.11 Å². The van der Waals surface area contributed by atoms with E-state index in [9.17, 15) is 5.11 Å². The fourth-order valence-corrected chi connectivity index (χ4v) is 0.890. The minimum absolute atomic E-state index is 0.549. The number of aliphatic hydroxyl groups is 2. The summed E-state index contributed by atoms with van der Waals surface area (Å²) < 4.78 is 0. The van der Waals surface area contributed by atoms with Gasteiger partial charge in [-0.25, -0.2) is 0 Å². The Morgan fingerprint density at radius 3 is 2.10 bits per heavy atom. The Labute approximate surface area is 62.9 Å². The van der Waals surface area contributed by atoms with E-state index in [2.05, 4.69) is 6.92 Å². The van der Waals surface area contributed by atoms with Crippen LogP contribution in [0.15, 0.2) is 0 Å². The third kappa shape index (κ3) is 3.85. The van der Waals surface area contributed by atoms with Gasteiger partial charge in [-0.15, -0.1) is 0 Å². The first-order valence-corrected chi connectivity index (χ1v) is 3.87. The van der Waals surface area contributed by atoms with Crippen molar-refractivity contribution in [2.45, 2.75) is 44.8 Å². The Morgan fingerprint density at radius 2 is 1.70 bits per heavy atom. The molecule has 0 spiro atoms. The van der Waals surface area contributed by atoms with Gasteiger partial charge in [-0.2, -0.15) is 0 Å². The van der Waals surface area contributed by atoms with Gasteiger partial charge in [-0.05, 0) is 12.8 Å². The maximum atomic E-state index is 9.17. The molecule has 2 N–H and O–H groups in total. The van der Waals surface area contributed by atoms with E-state index in [0.29, 0.717) is 19.3 Å². The van der Waals surface area contributed by atoms with Crippen molar-refractivity contribution in [3.8, 4) is 0 Å². The summed E-state index contributed by atoms with van der Waals surface area (Å²) in [4.78, 5) is 0. The van der Waals surface area contributed by atoms with Crippen molar-refractivity contribution in [1.29, 1.82) is 0 Å². The zero-order valence-corrected chi connectivity index (χ0v) is 6.58. The van der Waals surface area contributed by atoms with Crippen molar-refractivity contribution in [2.24, 2.45) is 0 Å². The highest BCUT2D eigenvalue weighted by molar-refractivity contribution is 4.66. The average molecular weight is 145 g/mol. The van der Waals surface area contributed by atoms with Crippen LogP contribution in [0.25, 0.3) is 0 Å². The van der Waals surface area contributed by atoms with Crippen molar-refractivity contribution in [2.75, 3.05) is 0 Å². The highest BCUT2D eigenvalue weighted by Crippen LogP contribution is 2.06. The topological polar surface area (TPSA) is 40.5 Å². The third-order valence-electron chi connectivity index (χ3n) is 1.53. The third-order valence-corrected chi connectivity index (χ3v) is 1.53. The molecule has 2 atom stereocenters. The lowest BCUT2D eigenvalue weighted by Gasteiger charge is -2.15. The Kier molecular flexibility index (Phi) is 5.64. The molecule has 0 bridgehead atoms. The summed E-state index contributed by atoms with van der Waals surface area (Å²) in [5.74, 6) is 0. The zero-order chi connectivity index (χ0) is 7.98. The Morgan fingerprint density at radius 1 is 1.20 bits per heavy atom. The molecule has 0 aromatic rings. The van der Waals surface area contributed by atoms with Gasteiger partial charge in [0.1, 0.15) is 0 Å². The summed E-state index contributed by atoms with van der Waals surface area (Å²) in [7, 11) is 0. The first-order valence-electron chi connectivity index (χ1n) is 3.87. The van der Waals surface area contributed by atoms with Gasteiger partial charge in [0.2, 0.25) is 0 Å². The normalized spacial score (nSPS) is 16.8. The summed E-state index contributed by atoms with van der Waals surface area (Å²) >= 11 is 0. The molecule has 0 aliphatic carbocycles. The van der Waals surface area contributed by atoms with Crippen LogP contribution in [0.3, 0.4) is 0 Å². The van der Waals surface area contributed by atoms with E-state index >= 15 is 0 Å². The fraction of sp³-hybridized carbons (Fsp3) is 0.875. The molecule has 2 nitrogen and oxygen atoms in total. The molecular formula is C8H17O2. The summed E-state index contributed by atoms with van der Waals surface area (Å²) in [6.07, 6.45) is 1.75. The summed E-state index contributed by atoms with van der Waals surface area (Å²) in [6, 6.07) is 0. The SMILES string of the molecule is [CH2]CCC(O)C(O)CCC. The molecule has 10 heavy (non-hydrogen) atoms. The molecule has 0 aromatic carbocycles. The largest absolute Gasteiger partial charge is 0.390 e. The van der Waals surface area contributed by atoms with Gasteiger partial charge in [0.25, 0.3) is 0 Å². The molecule has 2 heteroatoms. The van der Waals surface area contributed by atoms with E-state index < -0.39 is 12.2 Å². The Bertz CT molecular complexity index is 63.7. The van der Waals surface area contributed by atoms with E-state index in [1.807, 2.05) is 6.92 Å². The van der Waals surface area contributed by atoms with Gasteiger partial charge < -0.3 is 10.2 Å². The van der Waals surface area contributed by atoms with Gasteiger partial charge in [-0.3, -0.25) is 0 Å². The quantitative estimate of drug-likeness (QED) is 0.608. The molecule has 0 heterocycles. The van der Waals surface area contributed by atoms with Crippen LogP contribution < -0.4 is 0 Å². The van der Waals surface area contributed by atoms with Crippen molar-refractivity contribution in [1.82, 2.24) is 0 Å². The second-order valence-electron chi connectivity index (χ2n) is 2.57. The predicted octanol–water partition coefficient (Wildman–Crippen LogP) is 1.12. The van der Waals surface area contributed by atoms with E-state index in [0.717, 1.165) is 6.42 Å². The molecule has 0 aliphatic heterocycles. The van der Waals surface area contributed by atoms with Crippen LogP contribution in [0.2, 0.25) is 0 Å². The molecule has 0 saturated heterocycles. The summed E-state index contributed by atoms with van der Waals surface area (Å²) in [6.45, 7) is 5.58. The standard InChI is InChI=1S/C8H17O2/c1-3-5-7(9)8(10)6-4-2/h7-10H,1,3-6H2,2H3. The van der Waals surface area contributed by atoms with Crippen LogP contribution in [0.5, 0.6) is 0 Å². The zero-order valence-electron chi connectivity index (χ0n) is 6.58. The summed E-state index contributed by atoms with van der Waals surface area (Å²) in [5, 5.41) is 18.3. The Balaban J connectivity index is 3.38. The maximum absolute atomic E-state index is 9.17. The number of hydrogen-bond donors (Lipinski definition) is 2. The minimum Gasteiger partial charge on any atom is -0.390 e. The average Bonchev–Trinajstić information content (AvgIpc) is 1.89.